The minimum Gasteiger partial charge on any atom is -0.374 e. The average molecular weight is 280 g/mol. The van der Waals surface area contributed by atoms with Crippen LogP contribution in [0.15, 0.2) is 12.4 Å². The molecule has 0 spiro atoms. The highest BCUT2D eigenvalue weighted by atomic mass is 16.5. The Morgan fingerprint density at radius 1 is 1.45 bits per heavy atom. The van der Waals surface area contributed by atoms with Crippen LogP contribution in [0.1, 0.15) is 38.8 Å². The van der Waals surface area contributed by atoms with Gasteiger partial charge in [-0.25, -0.2) is 0 Å². The Kier molecular flexibility index (Phi) is 6.01. The standard InChI is InChI=1S/C15H28N4O/c1-4-7-18-8-9-20-14(12-18)15(16-5-2)13-10-17-19(6-3)11-13/h10-11,14-16H,4-9,12H2,1-3H3. The summed E-state index contributed by atoms with van der Waals surface area (Å²) in [5.74, 6) is 0. The number of rotatable bonds is 7. The summed E-state index contributed by atoms with van der Waals surface area (Å²) < 4.78 is 8.00. The Hall–Kier alpha value is -0.910. The van der Waals surface area contributed by atoms with Gasteiger partial charge < -0.3 is 10.1 Å². The molecule has 1 saturated heterocycles. The summed E-state index contributed by atoms with van der Waals surface area (Å²) in [6.07, 6.45) is 5.52. The van der Waals surface area contributed by atoms with Crippen molar-refractivity contribution >= 4 is 0 Å². The quantitative estimate of drug-likeness (QED) is 0.825. The van der Waals surface area contributed by atoms with Gasteiger partial charge in [-0.2, -0.15) is 5.10 Å². The number of aryl methyl sites for hydroxylation is 1. The number of ether oxygens (including phenoxy) is 1. The number of nitrogens with zero attached hydrogens (tertiary/aromatic N) is 3. The molecule has 2 atom stereocenters. The molecule has 5 nitrogen and oxygen atoms in total. The predicted octanol–water partition coefficient (Wildman–Crippen LogP) is 1.66. The molecule has 1 aliphatic rings. The topological polar surface area (TPSA) is 42.3 Å². The maximum Gasteiger partial charge on any atom is 0.0898 e. The van der Waals surface area contributed by atoms with E-state index in [0.717, 1.165) is 39.3 Å². The van der Waals surface area contributed by atoms with E-state index in [9.17, 15) is 0 Å². The SMILES string of the molecule is CCCN1CCOC(C(NCC)c2cnn(CC)c2)C1. The smallest absolute Gasteiger partial charge is 0.0898 e. The Labute approximate surface area is 122 Å². The molecule has 0 aliphatic carbocycles. The van der Waals surface area contributed by atoms with Gasteiger partial charge in [-0.05, 0) is 26.4 Å². The summed E-state index contributed by atoms with van der Waals surface area (Å²) in [6, 6.07) is 0.236. The summed E-state index contributed by atoms with van der Waals surface area (Å²) in [4.78, 5) is 2.50. The van der Waals surface area contributed by atoms with Gasteiger partial charge in [0.1, 0.15) is 0 Å². The Bertz CT molecular complexity index is 391. The van der Waals surface area contributed by atoms with Gasteiger partial charge in [-0.3, -0.25) is 9.58 Å². The molecule has 1 fully saturated rings. The van der Waals surface area contributed by atoms with Gasteiger partial charge in [0, 0.05) is 31.4 Å². The molecule has 0 radical (unpaired) electrons. The molecule has 5 heteroatoms. The summed E-state index contributed by atoms with van der Waals surface area (Å²) in [5.41, 5.74) is 1.23. The van der Waals surface area contributed by atoms with E-state index in [1.165, 1.54) is 12.0 Å². The van der Waals surface area contributed by atoms with Crippen LogP contribution in [0.4, 0.5) is 0 Å². The molecule has 2 unspecified atom stereocenters. The van der Waals surface area contributed by atoms with Crippen LogP contribution >= 0.6 is 0 Å². The third-order valence-corrected chi connectivity index (χ3v) is 3.85. The third kappa shape index (κ3) is 3.81. The first-order valence-corrected chi connectivity index (χ1v) is 7.88. The van der Waals surface area contributed by atoms with Crippen molar-refractivity contribution in [3.05, 3.63) is 18.0 Å². The van der Waals surface area contributed by atoms with E-state index >= 15 is 0 Å². The minimum absolute atomic E-state index is 0.213. The fourth-order valence-corrected chi connectivity index (χ4v) is 2.85. The zero-order valence-corrected chi connectivity index (χ0v) is 13.0. The Morgan fingerprint density at radius 3 is 2.95 bits per heavy atom. The molecule has 0 amide bonds. The van der Waals surface area contributed by atoms with E-state index in [1.807, 2.05) is 10.9 Å². The monoisotopic (exact) mass is 280 g/mol. The van der Waals surface area contributed by atoms with Crippen LogP contribution in [-0.4, -0.2) is 53.6 Å². The second-order valence-corrected chi connectivity index (χ2v) is 5.37. The van der Waals surface area contributed by atoms with Crippen molar-refractivity contribution in [2.24, 2.45) is 0 Å². The maximum atomic E-state index is 6.03. The van der Waals surface area contributed by atoms with E-state index in [4.69, 9.17) is 4.74 Å². The van der Waals surface area contributed by atoms with Crippen molar-refractivity contribution in [2.75, 3.05) is 32.8 Å². The average Bonchev–Trinajstić information content (AvgIpc) is 2.94. The van der Waals surface area contributed by atoms with Crippen molar-refractivity contribution in [2.45, 2.75) is 45.9 Å². The van der Waals surface area contributed by atoms with Gasteiger partial charge in [0.2, 0.25) is 0 Å². The van der Waals surface area contributed by atoms with Crippen molar-refractivity contribution in [1.29, 1.82) is 0 Å². The van der Waals surface area contributed by atoms with Gasteiger partial charge in [0.25, 0.3) is 0 Å². The normalized spacial score (nSPS) is 22.1. The van der Waals surface area contributed by atoms with Crippen LogP contribution in [0.5, 0.6) is 0 Å². The molecule has 1 aromatic rings. The van der Waals surface area contributed by atoms with Crippen LogP contribution in [-0.2, 0) is 11.3 Å². The zero-order chi connectivity index (χ0) is 14.4. The predicted molar refractivity (Wildman–Crippen MR) is 80.8 cm³/mol. The van der Waals surface area contributed by atoms with E-state index < -0.39 is 0 Å². The maximum absolute atomic E-state index is 6.03. The summed E-state index contributed by atoms with van der Waals surface area (Å²) in [6.45, 7) is 12.4. The van der Waals surface area contributed by atoms with Gasteiger partial charge in [-0.15, -0.1) is 0 Å². The summed E-state index contributed by atoms with van der Waals surface area (Å²) in [7, 11) is 0. The lowest BCUT2D eigenvalue weighted by molar-refractivity contribution is -0.0468. The Morgan fingerprint density at radius 2 is 2.30 bits per heavy atom. The molecule has 0 aromatic carbocycles. The first kappa shape index (κ1) is 15.5. The van der Waals surface area contributed by atoms with Gasteiger partial charge in [-0.1, -0.05) is 13.8 Å². The van der Waals surface area contributed by atoms with Crippen molar-refractivity contribution in [3.8, 4) is 0 Å². The number of morpholine rings is 1. The van der Waals surface area contributed by atoms with Crippen LogP contribution in [0.25, 0.3) is 0 Å². The molecule has 0 saturated carbocycles. The van der Waals surface area contributed by atoms with Crippen LogP contribution in [0.3, 0.4) is 0 Å². The second kappa shape index (κ2) is 7.76. The molecule has 0 bridgehead atoms. The lowest BCUT2D eigenvalue weighted by Gasteiger charge is -2.37. The molecule has 114 valence electrons. The van der Waals surface area contributed by atoms with Crippen LogP contribution in [0.2, 0.25) is 0 Å². The lowest BCUT2D eigenvalue weighted by Crippen LogP contribution is -2.48. The molecule has 1 aromatic heterocycles. The molecule has 20 heavy (non-hydrogen) atoms. The largest absolute Gasteiger partial charge is 0.374 e. The zero-order valence-electron chi connectivity index (χ0n) is 13.0. The fourth-order valence-electron chi connectivity index (χ4n) is 2.85. The van der Waals surface area contributed by atoms with E-state index in [0.29, 0.717) is 0 Å². The van der Waals surface area contributed by atoms with Crippen LogP contribution in [0, 0.1) is 0 Å². The molecule has 1 N–H and O–H groups in total. The summed E-state index contributed by atoms with van der Waals surface area (Å²) >= 11 is 0. The number of hydrogen-bond acceptors (Lipinski definition) is 4. The Balaban J connectivity index is 2.06. The number of nitrogens with one attached hydrogen (secondary N) is 1. The second-order valence-electron chi connectivity index (χ2n) is 5.37. The van der Waals surface area contributed by atoms with Crippen LogP contribution < -0.4 is 5.32 Å². The molecule has 2 heterocycles. The van der Waals surface area contributed by atoms with E-state index in [1.54, 1.807) is 0 Å². The highest BCUT2D eigenvalue weighted by Gasteiger charge is 2.29. The fraction of sp³-hybridized carbons (Fsp3) is 0.800. The highest BCUT2D eigenvalue weighted by molar-refractivity contribution is 5.13. The van der Waals surface area contributed by atoms with Gasteiger partial charge >= 0.3 is 0 Å². The first-order chi connectivity index (χ1) is 9.78. The number of hydrogen-bond donors (Lipinski definition) is 1. The lowest BCUT2D eigenvalue weighted by atomic mass is 10.0. The molecular formula is C15H28N4O. The first-order valence-electron chi connectivity index (χ1n) is 7.88. The minimum atomic E-state index is 0.213. The molecule has 2 rings (SSSR count). The number of aromatic nitrogens is 2. The van der Waals surface area contributed by atoms with Crippen molar-refractivity contribution in [1.82, 2.24) is 20.0 Å². The van der Waals surface area contributed by atoms with E-state index in [-0.39, 0.29) is 12.1 Å². The number of likely N-dealkylation sites (N-methyl/N-ethyl adjacent to an activating group) is 1. The molecular weight excluding hydrogens is 252 g/mol. The van der Waals surface area contributed by atoms with Crippen molar-refractivity contribution < 1.29 is 4.74 Å². The van der Waals surface area contributed by atoms with Crippen molar-refractivity contribution in [3.63, 3.8) is 0 Å². The summed E-state index contributed by atoms with van der Waals surface area (Å²) in [5, 5.41) is 7.96. The molecule has 1 aliphatic heterocycles. The van der Waals surface area contributed by atoms with Gasteiger partial charge in [0.15, 0.2) is 0 Å². The highest BCUT2D eigenvalue weighted by Crippen LogP contribution is 2.22. The van der Waals surface area contributed by atoms with E-state index in [2.05, 4.69) is 42.3 Å². The third-order valence-electron chi connectivity index (χ3n) is 3.85. The van der Waals surface area contributed by atoms with Gasteiger partial charge in [0.05, 0.1) is 24.9 Å².